The molecule has 29 heavy (non-hydrogen) atoms. The van der Waals surface area contributed by atoms with Crippen molar-refractivity contribution in [1.82, 2.24) is 19.8 Å². The van der Waals surface area contributed by atoms with Gasteiger partial charge in [0.1, 0.15) is 0 Å². The van der Waals surface area contributed by atoms with E-state index in [0.717, 1.165) is 17.4 Å². The van der Waals surface area contributed by atoms with Crippen molar-refractivity contribution in [3.8, 4) is 5.69 Å². The Morgan fingerprint density at radius 2 is 1.86 bits per heavy atom. The first-order chi connectivity index (χ1) is 13.9. The Morgan fingerprint density at radius 1 is 1.07 bits per heavy atom. The van der Waals surface area contributed by atoms with Crippen LogP contribution in [-0.4, -0.2) is 26.1 Å². The molecule has 1 aliphatic heterocycles. The largest absolute Gasteiger partial charge is 0.352 e. The Balaban J connectivity index is 1.86. The normalized spacial score (nSPS) is 18.9. The quantitative estimate of drug-likeness (QED) is 0.614. The summed E-state index contributed by atoms with van der Waals surface area (Å²) in [4.78, 5) is 6.91. The van der Waals surface area contributed by atoms with Gasteiger partial charge in [-0.15, -0.1) is 0 Å². The van der Waals surface area contributed by atoms with Gasteiger partial charge in [-0.1, -0.05) is 18.2 Å². The molecule has 0 radical (unpaired) electrons. The van der Waals surface area contributed by atoms with E-state index in [0.29, 0.717) is 0 Å². The van der Waals surface area contributed by atoms with E-state index in [9.17, 15) is 0 Å². The third-order valence-corrected chi connectivity index (χ3v) is 6.29. The molecule has 4 rings (SSSR count). The molecule has 2 aromatic heterocycles. The van der Waals surface area contributed by atoms with Crippen LogP contribution in [0.25, 0.3) is 5.69 Å². The van der Waals surface area contributed by atoms with Crippen LogP contribution < -0.4 is 5.32 Å². The maximum Gasteiger partial charge on any atom is 0.170 e. The smallest absolute Gasteiger partial charge is 0.170 e. The van der Waals surface area contributed by atoms with Crippen molar-refractivity contribution in [1.29, 1.82) is 0 Å². The maximum atomic E-state index is 5.69. The van der Waals surface area contributed by atoms with Gasteiger partial charge in [0.05, 0.1) is 17.8 Å². The second-order valence-electron chi connectivity index (χ2n) is 7.86. The van der Waals surface area contributed by atoms with Crippen molar-refractivity contribution in [2.24, 2.45) is 0 Å². The van der Waals surface area contributed by atoms with Crippen LogP contribution in [0.1, 0.15) is 52.8 Å². The minimum Gasteiger partial charge on any atom is -0.352 e. The second-order valence-corrected chi connectivity index (χ2v) is 8.25. The van der Waals surface area contributed by atoms with Crippen LogP contribution in [0.3, 0.4) is 0 Å². The summed E-state index contributed by atoms with van der Waals surface area (Å²) >= 11 is 5.69. The fourth-order valence-corrected chi connectivity index (χ4v) is 4.87. The van der Waals surface area contributed by atoms with E-state index in [2.05, 4.69) is 84.7 Å². The van der Waals surface area contributed by atoms with Gasteiger partial charge in [-0.05, 0) is 87.8 Å². The SMILES string of the molecule is CCN1C(=S)N[C@@H](c2ccccn2)[C@@H]1c1cc(C)n(-c2cc(C)ccc2C)c1C. The number of hydrogen-bond acceptors (Lipinski definition) is 2. The van der Waals surface area contributed by atoms with Crippen LogP contribution in [0.2, 0.25) is 0 Å². The summed E-state index contributed by atoms with van der Waals surface area (Å²) in [5, 5.41) is 4.32. The van der Waals surface area contributed by atoms with Crippen LogP contribution in [-0.2, 0) is 0 Å². The number of likely N-dealkylation sites (N-methyl/N-ethyl adjacent to an activating group) is 1. The van der Waals surface area contributed by atoms with Crippen molar-refractivity contribution in [2.45, 2.75) is 46.7 Å². The summed E-state index contributed by atoms with van der Waals surface area (Å²) in [5.74, 6) is 0. The van der Waals surface area contributed by atoms with E-state index in [1.807, 2.05) is 18.3 Å². The van der Waals surface area contributed by atoms with Gasteiger partial charge in [0.2, 0.25) is 0 Å². The lowest BCUT2D eigenvalue weighted by molar-refractivity contribution is 0.329. The van der Waals surface area contributed by atoms with Crippen molar-refractivity contribution in [3.05, 3.63) is 82.4 Å². The molecule has 4 nitrogen and oxygen atoms in total. The Morgan fingerprint density at radius 3 is 2.55 bits per heavy atom. The molecule has 1 saturated heterocycles. The Labute approximate surface area is 178 Å². The monoisotopic (exact) mass is 404 g/mol. The molecule has 0 unspecified atom stereocenters. The number of aromatic nitrogens is 2. The Bertz CT molecular complexity index is 1050. The predicted molar refractivity (Wildman–Crippen MR) is 123 cm³/mol. The number of pyridine rings is 1. The summed E-state index contributed by atoms with van der Waals surface area (Å²) in [6, 6.07) is 15.2. The summed E-state index contributed by atoms with van der Waals surface area (Å²) < 4.78 is 2.38. The molecule has 2 atom stereocenters. The zero-order valence-corrected chi connectivity index (χ0v) is 18.5. The molecule has 0 amide bonds. The number of nitrogens with one attached hydrogen (secondary N) is 1. The molecule has 0 bridgehead atoms. The Kier molecular flexibility index (Phi) is 5.17. The minimum absolute atomic E-state index is 0.0382. The number of hydrogen-bond donors (Lipinski definition) is 1. The lowest BCUT2D eigenvalue weighted by atomic mass is 9.97. The standard InChI is InChI=1S/C24H28N4S/c1-6-27-23(22(26-24(27)29)20-9-7-8-12-25-20)19-14-17(4)28(18(19)5)21-13-15(2)10-11-16(21)3/h7-14,22-23H,6H2,1-5H3,(H,26,29)/t22-,23-/m0/s1. The third kappa shape index (κ3) is 3.33. The van der Waals surface area contributed by atoms with Crippen LogP contribution in [0, 0.1) is 27.7 Å². The Hall–Kier alpha value is -2.66. The molecular formula is C24H28N4S. The number of aryl methyl sites for hydroxylation is 3. The van der Waals surface area contributed by atoms with Crippen molar-refractivity contribution < 1.29 is 0 Å². The van der Waals surface area contributed by atoms with Crippen LogP contribution in [0.15, 0.2) is 48.7 Å². The topological polar surface area (TPSA) is 33.1 Å². The maximum absolute atomic E-state index is 5.69. The highest BCUT2D eigenvalue weighted by Gasteiger charge is 2.40. The molecule has 3 aromatic rings. The second kappa shape index (κ2) is 7.64. The zero-order valence-electron chi connectivity index (χ0n) is 17.7. The van der Waals surface area contributed by atoms with Gasteiger partial charge in [0.15, 0.2) is 5.11 Å². The van der Waals surface area contributed by atoms with Gasteiger partial charge in [-0.2, -0.15) is 0 Å². The lowest BCUT2D eigenvalue weighted by Gasteiger charge is -2.27. The zero-order chi connectivity index (χ0) is 20.7. The van der Waals surface area contributed by atoms with Crippen molar-refractivity contribution >= 4 is 17.3 Å². The summed E-state index contributed by atoms with van der Waals surface area (Å²) in [6.45, 7) is 11.7. The van der Waals surface area contributed by atoms with Gasteiger partial charge >= 0.3 is 0 Å². The highest BCUT2D eigenvalue weighted by atomic mass is 32.1. The van der Waals surface area contributed by atoms with Gasteiger partial charge in [0, 0.05) is 29.8 Å². The predicted octanol–water partition coefficient (Wildman–Crippen LogP) is 5.10. The molecule has 1 aromatic carbocycles. The lowest BCUT2D eigenvalue weighted by Crippen LogP contribution is -2.29. The van der Waals surface area contributed by atoms with Crippen LogP contribution >= 0.6 is 12.2 Å². The molecule has 1 N–H and O–H groups in total. The molecule has 0 aliphatic carbocycles. The van der Waals surface area contributed by atoms with Crippen LogP contribution in [0.4, 0.5) is 0 Å². The molecule has 1 fully saturated rings. The molecule has 1 aliphatic rings. The van der Waals surface area contributed by atoms with E-state index >= 15 is 0 Å². The van der Waals surface area contributed by atoms with Gasteiger partial charge in [-0.3, -0.25) is 4.98 Å². The van der Waals surface area contributed by atoms with E-state index in [1.54, 1.807) is 0 Å². The highest BCUT2D eigenvalue weighted by Crippen LogP contribution is 2.41. The molecule has 0 spiro atoms. The third-order valence-electron chi connectivity index (χ3n) is 5.93. The van der Waals surface area contributed by atoms with E-state index in [1.165, 1.54) is 33.8 Å². The molecule has 3 heterocycles. The molecule has 150 valence electrons. The van der Waals surface area contributed by atoms with Gasteiger partial charge < -0.3 is 14.8 Å². The molecular weight excluding hydrogens is 376 g/mol. The van der Waals surface area contributed by atoms with E-state index < -0.39 is 0 Å². The summed E-state index contributed by atoms with van der Waals surface area (Å²) in [5.41, 5.74) is 8.60. The summed E-state index contributed by atoms with van der Waals surface area (Å²) in [6.07, 6.45) is 1.85. The number of thiocarbonyl (C=S) groups is 1. The first kappa shape index (κ1) is 19.6. The number of rotatable bonds is 4. The van der Waals surface area contributed by atoms with Crippen LogP contribution in [0.5, 0.6) is 0 Å². The number of benzene rings is 1. The average molecular weight is 405 g/mol. The van der Waals surface area contributed by atoms with E-state index in [-0.39, 0.29) is 12.1 Å². The summed E-state index contributed by atoms with van der Waals surface area (Å²) in [7, 11) is 0. The fraction of sp³-hybridized carbons (Fsp3) is 0.333. The van der Waals surface area contributed by atoms with Gasteiger partial charge in [0.25, 0.3) is 0 Å². The van der Waals surface area contributed by atoms with Crippen molar-refractivity contribution in [2.75, 3.05) is 6.54 Å². The average Bonchev–Trinajstić information content (AvgIpc) is 3.19. The van der Waals surface area contributed by atoms with Crippen molar-refractivity contribution in [3.63, 3.8) is 0 Å². The highest BCUT2D eigenvalue weighted by molar-refractivity contribution is 7.80. The fourth-order valence-electron chi connectivity index (χ4n) is 4.50. The molecule has 0 saturated carbocycles. The number of nitrogens with zero attached hydrogens (tertiary/aromatic N) is 3. The first-order valence-electron chi connectivity index (χ1n) is 10.2. The minimum atomic E-state index is 0.0382. The molecule has 5 heteroatoms. The first-order valence-corrected chi connectivity index (χ1v) is 10.6. The van der Waals surface area contributed by atoms with E-state index in [4.69, 9.17) is 12.2 Å². The van der Waals surface area contributed by atoms with Gasteiger partial charge in [-0.25, -0.2) is 0 Å².